The minimum Gasteiger partial charge on any atom is -0.392 e. The number of nitrogens with two attached hydrogens (primary N) is 1. The lowest BCUT2D eigenvalue weighted by Crippen LogP contribution is -2.17. The molecule has 1 atom stereocenters. The molecule has 0 bridgehead atoms. The highest BCUT2D eigenvalue weighted by Crippen LogP contribution is 2.13. The van der Waals surface area contributed by atoms with Crippen molar-refractivity contribution in [2.45, 2.75) is 32.6 Å². The Balaban J connectivity index is 2.89. The largest absolute Gasteiger partial charge is 0.392 e. The van der Waals surface area contributed by atoms with Gasteiger partial charge in [-0.1, -0.05) is 18.2 Å². The van der Waals surface area contributed by atoms with Gasteiger partial charge in [-0.2, -0.15) is 0 Å². The zero-order valence-corrected chi connectivity index (χ0v) is 8.40. The van der Waals surface area contributed by atoms with Crippen LogP contribution >= 0.6 is 0 Å². The molecule has 0 amide bonds. The maximum absolute atomic E-state index is 9.07. The van der Waals surface area contributed by atoms with Gasteiger partial charge in [0.2, 0.25) is 0 Å². The van der Waals surface area contributed by atoms with Gasteiger partial charge in [0.15, 0.2) is 0 Å². The van der Waals surface area contributed by atoms with Crippen LogP contribution in [-0.2, 0) is 19.6 Å². The van der Waals surface area contributed by atoms with Gasteiger partial charge in [-0.05, 0) is 30.0 Å². The van der Waals surface area contributed by atoms with Crippen molar-refractivity contribution in [3.63, 3.8) is 0 Å². The Kier molecular flexibility index (Phi) is 4.07. The molecule has 0 aliphatic rings. The molecule has 1 rings (SSSR count). The van der Waals surface area contributed by atoms with Crippen LogP contribution in [0.25, 0.3) is 0 Å². The van der Waals surface area contributed by atoms with Crippen molar-refractivity contribution in [3.8, 4) is 0 Å². The Morgan fingerprint density at radius 3 is 2.36 bits per heavy atom. The smallest absolute Gasteiger partial charge is 0.0685 e. The van der Waals surface area contributed by atoms with E-state index < -0.39 is 0 Å². The highest BCUT2D eigenvalue weighted by Gasteiger charge is 2.03. The molecule has 3 heteroatoms. The molecular formula is C11H17NO2. The predicted molar refractivity (Wildman–Crippen MR) is 55.6 cm³/mol. The predicted octanol–water partition coefficient (Wildman–Crippen LogP) is 0.561. The first-order chi connectivity index (χ1) is 6.67. The van der Waals surface area contributed by atoms with Crippen LogP contribution in [0.15, 0.2) is 18.2 Å². The van der Waals surface area contributed by atoms with Gasteiger partial charge in [0.05, 0.1) is 13.2 Å². The number of rotatable bonds is 4. The molecule has 1 aromatic carbocycles. The van der Waals surface area contributed by atoms with Crippen molar-refractivity contribution in [1.29, 1.82) is 0 Å². The number of aliphatic hydroxyl groups is 2. The topological polar surface area (TPSA) is 66.5 Å². The van der Waals surface area contributed by atoms with E-state index in [1.807, 2.05) is 25.1 Å². The van der Waals surface area contributed by atoms with Crippen LogP contribution in [-0.4, -0.2) is 16.3 Å². The normalized spacial score (nSPS) is 12.9. The fraction of sp³-hybridized carbons (Fsp3) is 0.455. The van der Waals surface area contributed by atoms with Crippen LogP contribution in [0.1, 0.15) is 23.6 Å². The molecule has 78 valence electrons. The van der Waals surface area contributed by atoms with E-state index in [1.54, 1.807) is 0 Å². The third-order valence-electron chi connectivity index (χ3n) is 2.17. The lowest BCUT2D eigenvalue weighted by atomic mass is 10.0. The third-order valence-corrected chi connectivity index (χ3v) is 2.17. The summed E-state index contributed by atoms with van der Waals surface area (Å²) in [6.45, 7) is 1.87. The number of hydrogen-bond acceptors (Lipinski definition) is 3. The number of aliphatic hydroxyl groups excluding tert-OH is 2. The standard InChI is InChI=1S/C11H17NO2/c1-8(12)4-9-2-3-10(6-13)11(5-9)7-14/h2-3,5,8,13-14H,4,6-7,12H2,1H3/t8-/m1/s1. The summed E-state index contributed by atoms with van der Waals surface area (Å²) in [6, 6.07) is 5.79. The van der Waals surface area contributed by atoms with Crippen LogP contribution < -0.4 is 5.73 Å². The molecule has 14 heavy (non-hydrogen) atoms. The summed E-state index contributed by atoms with van der Waals surface area (Å²) in [6.07, 6.45) is 0.790. The summed E-state index contributed by atoms with van der Waals surface area (Å²) in [7, 11) is 0. The van der Waals surface area contributed by atoms with Gasteiger partial charge in [0, 0.05) is 6.04 Å². The molecular weight excluding hydrogens is 178 g/mol. The van der Waals surface area contributed by atoms with E-state index in [1.165, 1.54) is 0 Å². The van der Waals surface area contributed by atoms with E-state index in [9.17, 15) is 0 Å². The van der Waals surface area contributed by atoms with Crippen LogP contribution in [0, 0.1) is 0 Å². The molecule has 3 nitrogen and oxygen atoms in total. The quantitative estimate of drug-likeness (QED) is 0.657. The molecule has 0 aliphatic heterocycles. The molecule has 0 saturated carbocycles. The molecule has 1 aromatic rings. The van der Waals surface area contributed by atoms with E-state index in [0.29, 0.717) is 0 Å². The van der Waals surface area contributed by atoms with Gasteiger partial charge in [-0.15, -0.1) is 0 Å². The Bertz CT molecular complexity index is 297. The van der Waals surface area contributed by atoms with Gasteiger partial charge < -0.3 is 15.9 Å². The summed E-state index contributed by atoms with van der Waals surface area (Å²) in [4.78, 5) is 0. The summed E-state index contributed by atoms with van der Waals surface area (Å²) in [5.74, 6) is 0. The summed E-state index contributed by atoms with van der Waals surface area (Å²) in [5, 5.41) is 18.1. The van der Waals surface area contributed by atoms with Gasteiger partial charge in [0.1, 0.15) is 0 Å². The van der Waals surface area contributed by atoms with Crippen LogP contribution in [0.4, 0.5) is 0 Å². The average Bonchev–Trinajstić information content (AvgIpc) is 2.16. The van der Waals surface area contributed by atoms with E-state index in [2.05, 4.69) is 0 Å². The molecule has 0 saturated heterocycles. The Morgan fingerprint density at radius 1 is 1.21 bits per heavy atom. The van der Waals surface area contributed by atoms with E-state index in [0.717, 1.165) is 23.1 Å². The van der Waals surface area contributed by atoms with Crippen molar-refractivity contribution < 1.29 is 10.2 Å². The number of benzene rings is 1. The summed E-state index contributed by atoms with van der Waals surface area (Å²) >= 11 is 0. The van der Waals surface area contributed by atoms with Crippen molar-refractivity contribution in [1.82, 2.24) is 0 Å². The molecule has 0 aromatic heterocycles. The molecule has 0 radical (unpaired) electrons. The van der Waals surface area contributed by atoms with Crippen molar-refractivity contribution in [3.05, 3.63) is 34.9 Å². The SMILES string of the molecule is C[C@@H](N)Cc1ccc(CO)c(CO)c1. The monoisotopic (exact) mass is 195 g/mol. The second-order valence-electron chi connectivity index (χ2n) is 3.60. The Morgan fingerprint density at radius 2 is 1.86 bits per heavy atom. The fourth-order valence-electron chi connectivity index (χ4n) is 1.48. The summed E-state index contributed by atoms with van der Waals surface area (Å²) in [5.41, 5.74) is 8.33. The Labute approximate surface area is 84.2 Å². The van der Waals surface area contributed by atoms with Crippen molar-refractivity contribution >= 4 is 0 Å². The van der Waals surface area contributed by atoms with Crippen LogP contribution in [0.2, 0.25) is 0 Å². The highest BCUT2D eigenvalue weighted by molar-refractivity contribution is 5.31. The Hall–Kier alpha value is -0.900. The van der Waals surface area contributed by atoms with Crippen LogP contribution in [0.3, 0.4) is 0 Å². The van der Waals surface area contributed by atoms with E-state index >= 15 is 0 Å². The van der Waals surface area contributed by atoms with Crippen molar-refractivity contribution in [2.75, 3.05) is 0 Å². The van der Waals surface area contributed by atoms with Crippen molar-refractivity contribution in [2.24, 2.45) is 5.73 Å². The lowest BCUT2D eigenvalue weighted by Gasteiger charge is -2.09. The second kappa shape index (κ2) is 5.10. The fourth-order valence-corrected chi connectivity index (χ4v) is 1.48. The molecule has 0 aliphatic carbocycles. The maximum atomic E-state index is 9.07. The maximum Gasteiger partial charge on any atom is 0.0685 e. The minimum absolute atomic E-state index is 0.0334. The van der Waals surface area contributed by atoms with E-state index in [-0.39, 0.29) is 19.3 Å². The van der Waals surface area contributed by atoms with Gasteiger partial charge in [-0.3, -0.25) is 0 Å². The zero-order valence-electron chi connectivity index (χ0n) is 8.40. The first kappa shape index (κ1) is 11.2. The van der Waals surface area contributed by atoms with E-state index in [4.69, 9.17) is 15.9 Å². The van der Waals surface area contributed by atoms with Gasteiger partial charge in [-0.25, -0.2) is 0 Å². The molecule has 0 spiro atoms. The van der Waals surface area contributed by atoms with Gasteiger partial charge >= 0.3 is 0 Å². The van der Waals surface area contributed by atoms with Crippen LogP contribution in [0.5, 0.6) is 0 Å². The molecule has 0 unspecified atom stereocenters. The second-order valence-corrected chi connectivity index (χ2v) is 3.60. The number of hydrogen-bond donors (Lipinski definition) is 3. The first-order valence-corrected chi connectivity index (χ1v) is 4.75. The summed E-state index contributed by atoms with van der Waals surface area (Å²) < 4.78 is 0. The van der Waals surface area contributed by atoms with Gasteiger partial charge in [0.25, 0.3) is 0 Å². The molecule has 0 heterocycles. The zero-order chi connectivity index (χ0) is 10.6. The molecule has 4 N–H and O–H groups in total. The molecule has 0 fully saturated rings. The first-order valence-electron chi connectivity index (χ1n) is 4.75. The average molecular weight is 195 g/mol. The lowest BCUT2D eigenvalue weighted by molar-refractivity contribution is 0.260. The highest BCUT2D eigenvalue weighted by atomic mass is 16.3. The third kappa shape index (κ3) is 2.80. The minimum atomic E-state index is -0.0390.